The normalized spacial score (nSPS) is 19.6. The van der Waals surface area contributed by atoms with Crippen LogP contribution in [0, 0.1) is 0 Å². The highest BCUT2D eigenvalue weighted by Gasteiger charge is 2.32. The average molecular weight is 288 g/mol. The molecule has 0 saturated carbocycles. The zero-order chi connectivity index (χ0) is 13.3. The average Bonchev–Trinajstić information content (AvgIpc) is 2.99. The van der Waals surface area contributed by atoms with Crippen molar-refractivity contribution in [2.24, 2.45) is 0 Å². The van der Waals surface area contributed by atoms with Gasteiger partial charge in [-0.25, -0.2) is 24.0 Å². The molecule has 1 aliphatic rings. The van der Waals surface area contributed by atoms with Crippen LogP contribution in [0.2, 0.25) is 0 Å². The largest absolute Gasteiger partial charge is 0.550 e. The number of phosphoric ester groups is 1. The molecule has 0 bridgehead atoms. The van der Waals surface area contributed by atoms with E-state index in [-0.39, 0.29) is 18.9 Å². The van der Waals surface area contributed by atoms with E-state index in [0.29, 0.717) is 5.52 Å². The highest BCUT2D eigenvalue weighted by Crippen LogP contribution is 2.42. The van der Waals surface area contributed by atoms with Gasteiger partial charge < -0.3 is 14.1 Å². The number of phosphoric acid groups is 1. The molecule has 1 atom stereocenters. The SMILES string of the molecule is O=P(O)(OC1OCCO1)On1cnc2cncnc21. The number of imidazole rings is 1. The second-order valence-electron chi connectivity index (χ2n) is 3.49. The van der Waals surface area contributed by atoms with Crippen LogP contribution in [0.3, 0.4) is 0 Å². The second-order valence-corrected chi connectivity index (χ2v) is 4.80. The molecule has 1 unspecified atom stereocenters. The number of hydrogen-bond acceptors (Lipinski definition) is 8. The van der Waals surface area contributed by atoms with Crippen LogP contribution < -0.4 is 4.62 Å². The molecule has 0 aromatic carbocycles. The zero-order valence-electron chi connectivity index (χ0n) is 9.45. The van der Waals surface area contributed by atoms with E-state index in [1.807, 2.05) is 0 Å². The molecule has 10 nitrogen and oxygen atoms in total. The summed E-state index contributed by atoms with van der Waals surface area (Å²) in [6, 6.07) is 0. The Balaban J connectivity index is 1.77. The van der Waals surface area contributed by atoms with E-state index < -0.39 is 14.3 Å². The van der Waals surface area contributed by atoms with Crippen molar-refractivity contribution in [3.8, 4) is 0 Å². The lowest BCUT2D eigenvalue weighted by Crippen LogP contribution is -2.17. The lowest BCUT2D eigenvalue weighted by molar-refractivity contribution is -0.186. The van der Waals surface area contributed by atoms with E-state index in [2.05, 4.69) is 19.5 Å². The Morgan fingerprint density at radius 1 is 1.42 bits per heavy atom. The fourth-order valence-electron chi connectivity index (χ4n) is 1.44. The molecular weight excluding hydrogens is 279 g/mol. The number of nitrogens with zero attached hydrogens (tertiary/aromatic N) is 4. The van der Waals surface area contributed by atoms with Crippen LogP contribution in [-0.2, 0) is 18.6 Å². The Hall–Kier alpha value is -1.58. The maximum atomic E-state index is 11.7. The predicted octanol–water partition coefficient (Wildman–Crippen LogP) is -0.298. The first-order valence-electron chi connectivity index (χ1n) is 5.22. The van der Waals surface area contributed by atoms with Crippen molar-refractivity contribution in [2.75, 3.05) is 13.2 Å². The summed E-state index contributed by atoms with van der Waals surface area (Å²) >= 11 is 0. The fourth-order valence-corrected chi connectivity index (χ4v) is 2.16. The van der Waals surface area contributed by atoms with Gasteiger partial charge in [0.25, 0.3) is 6.48 Å². The number of aromatic nitrogens is 4. The van der Waals surface area contributed by atoms with Crippen molar-refractivity contribution >= 4 is 19.0 Å². The highest BCUT2D eigenvalue weighted by atomic mass is 31.2. The van der Waals surface area contributed by atoms with E-state index in [1.54, 1.807) is 0 Å². The molecule has 2 aromatic rings. The monoisotopic (exact) mass is 288 g/mol. The van der Waals surface area contributed by atoms with E-state index >= 15 is 0 Å². The number of fused-ring (bicyclic) bond motifs is 1. The van der Waals surface area contributed by atoms with Gasteiger partial charge in [0.1, 0.15) is 18.2 Å². The van der Waals surface area contributed by atoms with Crippen LogP contribution in [0.1, 0.15) is 0 Å². The minimum atomic E-state index is -4.42. The summed E-state index contributed by atoms with van der Waals surface area (Å²) in [6.07, 6.45) is 3.88. The van der Waals surface area contributed by atoms with Crippen LogP contribution in [0.25, 0.3) is 11.2 Å². The molecule has 3 rings (SSSR count). The first-order valence-corrected chi connectivity index (χ1v) is 6.71. The lowest BCUT2D eigenvalue weighted by atomic mass is 10.6. The minimum absolute atomic E-state index is 0.237. The molecule has 11 heteroatoms. The van der Waals surface area contributed by atoms with Crippen molar-refractivity contribution in [1.29, 1.82) is 0 Å². The first-order chi connectivity index (χ1) is 9.14. The van der Waals surface area contributed by atoms with Gasteiger partial charge in [-0.3, -0.25) is 4.89 Å². The van der Waals surface area contributed by atoms with Crippen LogP contribution in [0.15, 0.2) is 18.9 Å². The van der Waals surface area contributed by atoms with Crippen LogP contribution in [0.5, 0.6) is 0 Å². The highest BCUT2D eigenvalue weighted by molar-refractivity contribution is 7.47. The summed E-state index contributed by atoms with van der Waals surface area (Å²) in [6.45, 7) is -0.655. The minimum Gasteiger partial charge on any atom is -0.327 e. The lowest BCUT2D eigenvalue weighted by Gasteiger charge is -2.15. The zero-order valence-corrected chi connectivity index (χ0v) is 10.3. The molecule has 1 N–H and O–H groups in total. The summed E-state index contributed by atoms with van der Waals surface area (Å²) in [4.78, 5) is 21.1. The van der Waals surface area contributed by atoms with Gasteiger partial charge in [0.05, 0.1) is 19.4 Å². The maximum Gasteiger partial charge on any atom is 0.550 e. The Morgan fingerprint density at radius 3 is 3.00 bits per heavy atom. The smallest absolute Gasteiger partial charge is 0.327 e. The number of rotatable bonds is 4. The third-order valence-corrected chi connectivity index (χ3v) is 3.01. The van der Waals surface area contributed by atoms with Gasteiger partial charge >= 0.3 is 7.82 Å². The Morgan fingerprint density at radius 2 is 2.21 bits per heavy atom. The Labute approximate surface area is 106 Å². The van der Waals surface area contributed by atoms with E-state index in [0.717, 1.165) is 4.73 Å². The molecular formula is C8H9N4O6P. The topological polar surface area (TPSA) is 118 Å². The molecule has 1 aliphatic heterocycles. The summed E-state index contributed by atoms with van der Waals surface area (Å²) < 4.78 is 31.9. The Kier molecular flexibility index (Phi) is 3.17. The van der Waals surface area contributed by atoms with E-state index in [1.165, 1.54) is 18.9 Å². The molecule has 0 radical (unpaired) electrons. The summed E-state index contributed by atoms with van der Waals surface area (Å²) in [7, 11) is -4.42. The third-order valence-electron chi connectivity index (χ3n) is 2.18. The van der Waals surface area contributed by atoms with E-state index in [9.17, 15) is 9.46 Å². The van der Waals surface area contributed by atoms with Crippen LogP contribution in [0.4, 0.5) is 0 Å². The van der Waals surface area contributed by atoms with Crippen molar-refractivity contribution in [1.82, 2.24) is 19.7 Å². The molecule has 3 heterocycles. The van der Waals surface area contributed by atoms with Crippen molar-refractivity contribution < 1.29 is 28.1 Å². The maximum absolute atomic E-state index is 11.7. The molecule has 0 spiro atoms. The number of hydrogen-bond donors (Lipinski definition) is 1. The van der Waals surface area contributed by atoms with Gasteiger partial charge in [-0.1, -0.05) is 0 Å². The predicted molar refractivity (Wildman–Crippen MR) is 58.5 cm³/mol. The van der Waals surface area contributed by atoms with Crippen molar-refractivity contribution in [3.63, 3.8) is 0 Å². The van der Waals surface area contributed by atoms with Gasteiger partial charge in [0.15, 0.2) is 5.65 Å². The van der Waals surface area contributed by atoms with Crippen molar-refractivity contribution in [2.45, 2.75) is 6.48 Å². The molecule has 1 fully saturated rings. The molecule has 0 amide bonds. The van der Waals surface area contributed by atoms with Gasteiger partial charge in [0, 0.05) is 0 Å². The molecule has 102 valence electrons. The van der Waals surface area contributed by atoms with Gasteiger partial charge in [0.2, 0.25) is 0 Å². The third kappa shape index (κ3) is 2.72. The summed E-state index contributed by atoms with van der Waals surface area (Å²) in [5.41, 5.74) is 0.650. The molecule has 1 saturated heterocycles. The Bertz CT molecular complexity index is 626. The quantitative estimate of drug-likeness (QED) is 0.756. The molecule has 0 aliphatic carbocycles. The summed E-state index contributed by atoms with van der Waals surface area (Å²) in [5.74, 6) is 0. The second kappa shape index (κ2) is 4.83. The van der Waals surface area contributed by atoms with Crippen molar-refractivity contribution in [3.05, 3.63) is 18.9 Å². The van der Waals surface area contributed by atoms with Gasteiger partial charge in [-0.2, -0.15) is 0 Å². The standard InChI is InChI=1S/C8H9N4O6P/c13-19(14,17-8-15-1-2-16-8)18-12-5-11-6-3-9-4-10-7(6)12/h3-5,8H,1-2H2,(H,13,14). The molecule has 2 aromatic heterocycles. The van der Waals surface area contributed by atoms with E-state index in [4.69, 9.17) is 14.1 Å². The molecule has 19 heavy (non-hydrogen) atoms. The van der Waals surface area contributed by atoms with Gasteiger partial charge in [-0.05, 0) is 0 Å². The van der Waals surface area contributed by atoms with Gasteiger partial charge in [-0.15, -0.1) is 4.73 Å². The van der Waals surface area contributed by atoms with Crippen LogP contribution in [-0.4, -0.2) is 44.3 Å². The first kappa shape index (κ1) is 12.5. The van der Waals surface area contributed by atoms with Crippen LogP contribution >= 0.6 is 7.82 Å². The fraction of sp³-hybridized carbons (Fsp3) is 0.375. The summed E-state index contributed by atoms with van der Waals surface area (Å²) in [5, 5.41) is 0. The number of ether oxygens (including phenoxy) is 2.